The van der Waals surface area contributed by atoms with E-state index in [0.29, 0.717) is 22.6 Å². The minimum absolute atomic E-state index is 0.132. The summed E-state index contributed by atoms with van der Waals surface area (Å²) < 4.78 is 5.05. The summed E-state index contributed by atoms with van der Waals surface area (Å²) in [6.07, 6.45) is 0.623. The first-order valence-corrected chi connectivity index (χ1v) is 5.93. The van der Waals surface area contributed by atoms with E-state index in [1.165, 1.54) is 6.26 Å². The number of hydrogen-bond acceptors (Lipinski definition) is 4. The molecule has 0 saturated heterocycles. The first-order valence-electron chi connectivity index (χ1n) is 5.93. The van der Waals surface area contributed by atoms with Gasteiger partial charge in [-0.05, 0) is 30.7 Å². The molecule has 1 atom stereocenters. The third-order valence-electron chi connectivity index (χ3n) is 2.77. The minimum Gasteiger partial charge on any atom is -0.469 e. The smallest absolute Gasteiger partial charge is 0.254 e. The average molecular weight is 260 g/mol. The SMILES string of the molecule is Cc1cc(C(=O)NCC(O)c2ccc(N)cc2)co1. The third-order valence-corrected chi connectivity index (χ3v) is 2.77. The second-order valence-corrected chi connectivity index (χ2v) is 4.34. The molecule has 0 aliphatic carbocycles. The number of nitrogen functional groups attached to an aromatic ring is 1. The molecule has 1 unspecified atom stereocenters. The zero-order valence-corrected chi connectivity index (χ0v) is 10.6. The molecule has 2 rings (SSSR count). The van der Waals surface area contributed by atoms with Crippen molar-refractivity contribution in [2.45, 2.75) is 13.0 Å². The zero-order valence-electron chi connectivity index (χ0n) is 10.6. The molecular weight excluding hydrogens is 244 g/mol. The number of aliphatic hydroxyl groups excluding tert-OH is 1. The molecule has 0 spiro atoms. The first kappa shape index (κ1) is 13.2. The number of nitrogens with one attached hydrogen (secondary N) is 1. The molecule has 100 valence electrons. The van der Waals surface area contributed by atoms with E-state index in [0.717, 1.165) is 0 Å². The van der Waals surface area contributed by atoms with Crippen LogP contribution in [-0.2, 0) is 0 Å². The molecule has 0 fully saturated rings. The summed E-state index contributed by atoms with van der Waals surface area (Å²) >= 11 is 0. The molecular formula is C14H16N2O3. The predicted octanol–water partition coefficient (Wildman–Crippen LogP) is 1.63. The molecule has 0 radical (unpaired) electrons. The molecule has 0 saturated carbocycles. The normalized spacial score (nSPS) is 12.1. The van der Waals surface area contributed by atoms with E-state index in [9.17, 15) is 9.90 Å². The number of carbonyl (C=O) groups excluding carboxylic acids is 1. The number of hydrogen-bond donors (Lipinski definition) is 3. The van der Waals surface area contributed by atoms with Gasteiger partial charge in [-0.2, -0.15) is 0 Å². The summed E-state index contributed by atoms with van der Waals surface area (Å²) in [7, 11) is 0. The Balaban J connectivity index is 1.91. The van der Waals surface area contributed by atoms with Crippen LogP contribution >= 0.6 is 0 Å². The molecule has 1 heterocycles. The van der Waals surface area contributed by atoms with Crippen LogP contribution in [0.1, 0.15) is 27.8 Å². The molecule has 5 nitrogen and oxygen atoms in total. The lowest BCUT2D eigenvalue weighted by Crippen LogP contribution is -2.28. The quantitative estimate of drug-likeness (QED) is 0.729. The van der Waals surface area contributed by atoms with Crippen molar-refractivity contribution in [1.82, 2.24) is 5.32 Å². The number of rotatable bonds is 4. The molecule has 19 heavy (non-hydrogen) atoms. The number of furan rings is 1. The number of aliphatic hydroxyl groups is 1. The highest BCUT2D eigenvalue weighted by Crippen LogP contribution is 2.14. The van der Waals surface area contributed by atoms with E-state index >= 15 is 0 Å². The van der Waals surface area contributed by atoms with Gasteiger partial charge in [-0.25, -0.2) is 0 Å². The Bertz CT molecular complexity index is 560. The summed E-state index contributed by atoms with van der Waals surface area (Å²) in [5, 5.41) is 12.6. The van der Waals surface area contributed by atoms with Gasteiger partial charge < -0.3 is 20.6 Å². The van der Waals surface area contributed by atoms with E-state index in [1.807, 2.05) is 0 Å². The topological polar surface area (TPSA) is 88.5 Å². The Morgan fingerprint density at radius 1 is 1.42 bits per heavy atom. The average Bonchev–Trinajstić information content (AvgIpc) is 2.83. The standard InChI is InChI=1S/C14H16N2O3/c1-9-6-11(8-19-9)14(18)16-7-13(17)10-2-4-12(15)5-3-10/h2-6,8,13,17H,7,15H2,1H3,(H,16,18). The highest BCUT2D eigenvalue weighted by Gasteiger charge is 2.12. The highest BCUT2D eigenvalue weighted by atomic mass is 16.3. The van der Waals surface area contributed by atoms with E-state index < -0.39 is 6.10 Å². The van der Waals surface area contributed by atoms with E-state index in [2.05, 4.69) is 5.32 Å². The summed E-state index contributed by atoms with van der Waals surface area (Å²) in [4.78, 5) is 11.7. The van der Waals surface area contributed by atoms with Gasteiger partial charge >= 0.3 is 0 Å². The lowest BCUT2D eigenvalue weighted by atomic mass is 10.1. The summed E-state index contributed by atoms with van der Waals surface area (Å²) in [6, 6.07) is 8.52. The van der Waals surface area contributed by atoms with Gasteiger partial charge in [0.05, 0.1) is 11.7 Å². The van der Waals surface area contributed by atoms with E-state index in [1.54, 1.807) is 37.3 Å². The first-order chi connectivity index (χ1) is 9.06. The maximum Gasteiger partial charge on any atom is 0.254 e. The third kappa shape index (κ3) is 3.35. The van der Waals surface area contributed by atoms with Crippen LogP contribution in [0.3, 0.4) is 0 Å². The van der Waals surface area contributed by atoms with Gasteiger partial charge in [0, 0.05) is 12.2 Å². The van der Waals surface area contributed by atoms with Gasteiger partial charge in [0.25, 0.3) is 5.91 Å². The van der Waals surface area contributed by atoms with E-state index in [4.69, 9.17) is 10.2 Å². The molecule has 1 aromatic heterocycles. The molecule has 1 amide bonds. The lowest BCUT2D eigenvalue weighted by molar-refractivity contribution is 0.0915. The van der Waals surface area contributed by atoms with Gasteiger partial charge in [0.15, 0.2) is 0 Å². The molecule has 1 aromatic carbocycles. The Morgan fingerprint density at radius 2 is 2.11 bits per heavy atom. The number of benzene rings is 1. The largest absolute Gasteiger partial charge is 0.469 e. The fraction of sp³-hybridized carbons (Fsp3) is 0.214. The fourth-order valence-electron chi connectivity index (χ4n) is 1.69. The van der Waals surface area contributed by atoms with Crippen LogP contribution in [-0.4, -0.2) is 17.6 Å². The van der Waals surface area contributed by atoms with Gasteiger partial charge in [0.1, 0.15) is 12.0 Å². The van der Waals surface area contributed by atoms with Crippen molar-refractivity contribution in [3.63, 3.8) is 0 Å². The summed E-state index contributed by atoms with van der Waals surface area (Å²) in [5.41, 5.74) is 7.35. The van der Waals surface area contributed by atoms with Crippen LogP contribution in [0.15, 0.2) is 41.0 Å². The minimum atomic E-state index is -0.766. The number of amides is 1. The van der Waals surface area contributed by atoms with Crippen molar-refractivity contribution in [2.24, 2.45) is 0 Å². The Hall–Kier alpha value is -2.27. The van der Waals surface area contributed by atoms with Crippen molar-refractivity contribution < 1.29 is 14.3 Å². The number of nitrogens with two attached hydrogens (primary N) is 1. The van der Waals surface area contributed by atoms with Crippen LogP contribution in [0, 0.1) is 6.92 Å². The predicted molar refractivity (Wildman–Crippen MR) is 71.6 cm³/mol. The Morgan fingerprint density at radius 3 is 2.68 bits per heavy atom. The maximum absolute atomic E-state index is 11.7. The van der Waals surface area contributed by atoms with Gasteiger partial charge in [-0.1, -0.05) is 12.1 Å². The second kappa shape index (κ2) is 5.58. The van der Waals surface area contributed by atoms with Crippen molar-refractivity contribution >= 4 is 11.6 Å². The van der Waals surface area contributed by atoms with E-state index in [-0.39, 0.29) is 12.5 Å². The van der Waals surface area contributed by atoms with Crippen LogP contribution < -0.4 is 11.1 Å². The number of anilines is 1. The molecule has 4 N–H and O–H groups in total. The molecule has 2 aromatic rings. The van der Waals surface area contributed by atoms with Gasteiger partial charge in [-0.15, -0.1) is 0 Å². The van der Waals surface area contributed by atoms with Crippen molar-refractivity contribution in [2.75, 3.05) is 12.3 Å². The summed E-state index contributed by atoms with van der Waals surface area (Å²) in [6.45, 7) is 1.90. The highest BCUT2D eigenvalue weighted by molar-refractivity contribution is 5.93. The lowest BCUT2D eigenvalue weighted by Gasteiger charge is -2.11. The van der Waals surface area contributed by atoms with Crippen molar-refractivity contribution in [3.05, 3.63) is 53.5 Å². The van der Waals surface area contributed by atoms with Crippen LogP contribution in [0.4, 0.5) is 5.69 Å². The van der Waals surface area contributed by atoms with Crippen molar-refractivity contribution in [1.29, 1.82) is 0 Å². The molecule has 0 bridgehead atoms. The van der Waals surface area contributed by atoms with Crippen LogP contribution in [0.2, 0.25) is 0 Å². The number of carbonyl (C=O) groups is 1. The molecule has 0 aliphatic rings. The Kier molecular flexibility index (Phi) is 3.87. The van der Waals surface area contributed by atoms with Crippen LogP contribution in [0.5, 0.6) is 0 Å². The molecule has 5 heteroatoms. The van der Waals surface area contributed by atoms with Gasteiger partial charge in [-0.3, -0.25) is 4.79 Å². The molecule has 0 aliphatic heterocycles. The van der Waals surface area contributed by atoms with Crippen LogP contribution in [0.25, 0.3) is 0 Å². The number of aryl methyl sites for hydroxylation is 1. The second-order valence-electron chi connectivity index (χ2n) is 4.34. The zero-order chi connectivity index (χ0) is 13.8. The summed E-state index contributed by atoms with van der Waals surface area (Å²) in [5.74, 6) is 0.399. The Labute approximate surface area is 111 Å². The fourth-order valence-corrected chi connectivity index (χ4v) is 1.69. The van der Waals surface area contributed by atoms with Gasteiger partial charge in [0.2, 0.25) is 0 Å². The van der Waals surface area contributed by atoms with Crippen molar-refractivity contribution in [3.8, 4) is 0 Å². The maximum atomic E-state index is 11.7. The monoisotopic (exact) mass is 260 g/mol.